The van der Waals surface area contributed by atoms with Gasteiger partial charge in [0.2, 0.25) is 5.91 Å². The van der Waals surface area contributed by atoms with E-state index in [1.807, 2.05) is 12.1 Å². The second-order valence-corrected chi connectivity index (χ2v) is 7.52. The average Bonchev–Trinajstić information content (AvgIpc) is 3.11. The van der Waals surface area contributed by atoms with Crippen molar-refractivity contribution in [3.8, 4) is 0 Å². The standard InChI is InChI=1S/C19H21N3O4/c1-20-16(24)3-2-13(8-23)22-17(25)14-4-11-6-19(9-21-10-19)7-12(11)5-15(14)18(22)26/h4-5,8,13,21H,2-3,6-7,9-10H2,1H3,(H,20,24). The van der Waals surface area contributed by atoms with Gasteiger partial charge in [0, 0.05) is 32.0 Å². The highest BCUT2D eigenvalue weighted by atomic mass is 16.2. The number of nitrogens with zero attached hydrogens (tertiary/aromatic N) is 1. The van der Waals surface area contributed by atoms with Gasteiger partial charge in [-0.25, -0.2) is 0 Å². The summed E-state index contributed by atoms with van der Waals surface area (Å²) in [6.45, 7) is 1.93. The van der Waals surface area contributed by atoms with E-state index in [9.17, 15) is 19.2 Å². The van der Waals surface area contributed by atoms with Gasteiger partial charge in [0.15, 0.2) is 0 Å². The molecule has 0 radical (unpaired) electrons. The molecule has 2 aliphatic heterocycles. The average molecular weight is 355 g/mol. The Balaban J connectivity index is 1.59. The van der Waals surface area contributed by atoms with Crippen LogP contribution in [0.25, 0.3) is 0 Å². The van der Waals surface area contributed by atoms with Gasteiger partial charge >= 0.3 is 0 Å². The maximum Gasteiger partial charge on any atom is 0.262 e. The molecule has 1 spiro atoms. The first-order chi connectivity index (χ1) is 12.5. The van der Waals surface area contributed by atoms with Crippen LogP contribution in [-0.2, 0) is 22.4 Å². The number of carbonyl (C=O) groups excluding carboxylic acids is 4. The van der Waals surface area contributed by atoms with Gasteiger partial charge in [0.1, 0.15) is 6.29 Å². The van der Waals surface area contributed by atoms with E-state index in [1.54, 1.807) is 0 Å². The lowest BCUT2D eigenvalue weighted by molar-refractivity contribution is -0.121. The van der Waals surface area contributed by atoms with Crippen molar-refractivity contribution >= 4 is 24.0 Å². The zero-order chi connectivity index (χ0) is 18.5. The van der Waals surface area contributed by atoms with E-state index in [0.29, 0.717) is 17.4 Å². The SMILES string of the molecule is CNC(=O)CCC(C=O)N1C(=O)c2cc3c(cc2C1=O)CC1(CNC1)C3. The summed E-state index contributed by atoms with van der Waals surface area (Å²) in [6, 6.07) is 2.74. The Kier molecular flexibility index (Phi) is 3.91. The van der Waals surface area contributed by atoms with Gasteiger partial charge in [-0.3, -0.25) is 19.3 Å². The molecule has 1 saturated heterocycles. The summed E-state index contributed by atoms with van der Waals surface area (Å²) in [5.41, 5.74) is 3.25. The molecule has 1 atom stereocenters. The van der Waals surface area contributed by atoms with Crippen LogP contribution < -0.4 is 10.6 Å². The normalized spacial score (nSPS) is 20.6. The molecule has 0 aromatic heterocycles. The smallest absolute Gasteiger partial charge is 0.262 e. The van der Waals surface area contributed by atoms with E-state index in [0.717, 1.165) is 42.0 Å². The Morgan fingerprint density at radius 2 is 1.81 bits per heavy atom. The van der Waals surface area contributed by atoms with Crippen LogP contribution in [0, 0.1) is 5.41 Å². The van der Waals surface area contributed by atoms with Gasteiger partial charge < -0.3 is 15.4 Å². The van der Waals surface area contributed by atoms with Crippen LogP contribution in [0.5, 0.6) is 0 Å². The predicted octanol–water partition coefficient (Wildman–Crippen LogP) is 0.0645. The lowest BCUT2D eigenvalue weighted by atomic mass is 9.79. The molecule has 7 heteroatoms. The van der Waals surface area contributed by atoms with Crippen LogP contribution in [0.15, 0.2) is 12.1 Å². The minimum Gasteiger partial charge on any atom is -0.359 e. The van der Waals surface area contributed by atoms with Gasteiger partial charge in [0.05, 0.1) is 17.2 Å². The number of rotatable bonds is 5. The lowest BCUT2D eigenvalue weighted by Gasteiger charge is -2.39. The zero-order valence-corrected chi connectivity index (χ0v) is 14.6. The van der Waals surface area contributed by atoms with E-state index >= 15 is 0 Å². The molecular formula is C19H21N3O4. The first kappa shape index (κ1) is 16.9. The van der Waals surface area contributed by atoms with E-state index in [1.165, 1.54) is 7.05 Å². The van der Waals surface area contributed by atoms with Crippen molar-refractivity contribution in [1.29, 1.82) is 0 Å². The molecule has 1 fully saturated rings. The number of fused-ring (bicyclic) bond motifs is 2. The number of amides is 3. The zero-order valence-electron chi connectivity index (χ0n) is 14.6. The second-order valence-electron chi connectivity index (χ2n) is 7.52. The number of nitrogens with one attached hydrogen (secondary N) is 2. The summed E-state index contributed by atoms with van der Waals surface area (Å²) in [6.07, 6.45) is 2.62. The van der Waals surface area contributed by atoms with Gasteiger partial charge in [-0.2, -0.15) is 0 Å². The highest BCUT2D eigenvalue weighted by molar-refractivity contribution is 6.22. The van der Waals surface area contributed by atoms with Crippen molar-refractivity contribution in [1.82, 2.24) is 15.5 Å². The highest BCUT2D eigenvalue weighted by Gasteiger charge is 2.45. The Labute approximate surface area is 151 Å². The molecular weight excluding hydrogens is 334 g/mol. The maximum absolute atomic E-state index is 12.8. The fraction of sp³-hybridized carbons (Fsp3) is 0.474. The molecule has 0 saturated carbocycles. The summed E-state index contributed by atoms with van der Waals surface area (Å²) in [5.74, 6) is -1.10. The Morgan fingerprint density at radius 1 is 1.23 bits per heavy atom. The number of hydrogen-bond acceptors (Lipinski definition) is 5. The van der Waals surface area contributed by atoms with Crippen molar-refractivity contribution in [2.45, 2.75) is 31.7 Å². The van der Waals surface area contributed by atoms with Crippen LogP contribution in [0.1, 0.15) is 44.7 Å². The largest absolute Gasteiger partial charge is 0.359 e. The Morgan fingerprint density at radius 3 is 2.23 bits per heavy atom. The lowest BCUT2D eigenvalue weighted by Crippen LogP contribution is -2.53. The number of carbonyl (C=O) groups is 4. The monoisotopic (exact) mass is 355 g/mol. The third kappa shape index (κ3) is 2.46. The Hall–Kier alpha value is -2.54. The number of benzene rings is 1. The molecule has 136 valence electrons. The molecule has 7 nitrogen and oxygen atoms in total. The van der Waals surface area contributed by atoms with Crippen LogP contribution in [0.3, 0.4) is 0 Å². The number of imide groups is 1. The van der Waals surface area contributed by atoms with Crippen molar-refractivity contribution in [3.63, 3.8) is 0 Å². The second kappa shape index (κ2) is 6.02. The van der Waals surface area contributed by atoms with E-state index in [2.05, 4.69) is 10.6 Å². The molecule has 3 amide bonds. The third-order valence-electron chi connectivity index (χ3n) is 5.80. The molecule has 0 bridgehead atoms. The summed E-state index contributed by atoms with van der Waals surface area (Å²) in [7, 11) is 1.51. The van der Waals surface area contributed by atoms with Crippen LogP contribution in [0.2, 0.25) is 0 Å². The minimum absolute atomic E-state index is 0.0827. The van der Waals surface area contributed by atoms with Crippen LogP contribution in [-0.4, -0.2) is 55.1 Å². The van der Waals surface area contributed by atoms with Gasteiger partial charge in [-0.15, -0.1) is 0 Å². The number of hydrogen-bond donors (Lipinski definition) is 2. The summed E-state index contributed by atoms with van der Waals surface area (Å²) < 4.78 is 0. The first-order valence-electron chi connectivity index (χ1n) is 8.88. The molecule has 1 aliphatic carbocycles. The summed E-state index contributed by atoms with van der Waals surface area (Å²) in [4.78, 5) is 49.5. The van der Waals surface area contributed by atoms with Crippen molar-refractivity contribution < 1.29 is 19.2 Å². The molecule has 3 aliphatic rings. The van der Waals surface area contributed by atoms with Crippen molar-refractivity contribution in [2.24, 2.45) is 5.41 Å². The van der Waals surface area contributed by atoms with Gasteiger partial charge in [-0.1, -0.05) is 0 Å². The summed E-state index contributed by atoms with van der Waals surface area (Å²) >= 11 is 0. The van der Waals surface area contributed by atoms with E-state index < -0.39 is 17.9 Å². The number of aldehydes is 1. The minimum atomic E-state index is -0.920. The predicted molar refractivity (Wildman–Crippen MR) is 92.8 cm³/mol. The quantitative estimate of drug-likeness (QED) is 0.575. The third-order valence-corrected chi connectivity index (χ3v) is 5.80. The van der Waals surface area contributed by atoms with Gasteiger partial charge in [0.25, 0.3) is 11.8 Å². The van der Waals surface area contributed by atoms with Gasteiger partial charge in [-0.05, 0) is 42.5 Å². The van der Waals surface area contributed by atoms with Crippen LogP contribution in [0.4, 0.5) is 0 Å². The fourth-order valence-corrected chi connectivity index (χ4v) is 4.29. The fourth-order valence-electron chi connectivity index (χ4n) is 4.29. The molecule has 1 aromatic carbocycles. The van der Waals surface area contributed by atoms with Crippen molar-refractivity contribution in [3.05, 3.63) is 34.4 Å². The molecule has 2 heterocycles. The highest BCUT2D eigenvalue weighted by Crippen LogP contribution is 2.42. The first-order valence-corrected chi connectivity index (χ1v) is 8.88. The molecule has 26 heavy (non-hydrogen) atoms. The summed E-state index contributed by atoms with van der Waals surface area (Å²) in [5, 5.41) is 5.77. The van der Waals surface area contributed by atoms with E-state index in [4.69, 9.17) is 0 Å². The topological polar surface area (TPSA) is 95.6 Å². The molecule has 4 rings (SSSR count). The molecule has 2 N–H and O–H groups in total. The maximum atomic E-state index is 12.8. The van der Waals surface area contributed by atoms with E-state index in [-0.39, 0.29) is 24.2 Å². The van der Waals surface area contributed by atoms with Crippen LogP contribution >= 0.6 is 0 Å². The van der Waals surface area contributed by atoms with Crippen molar-refractivity contribution in [2.75, 3.05) is 20.1 Å². The molecule has 1 unspecified atom stereocenters. The Bertz CT molecular complexity index is 781. The molecule has 1 aromatic rings.